The molecular weight excluding hydrogens is 252 g/mol. The average molecular weight is 276 g/mol. The molecule has 0 heterocycles. The van der Waals surface area contributed by atoms with E-state index < -0.39 is 0 Å². The molecule has 2 aliphatic rings. The Kier molecular flexibility index (Phi) is 3.71. The summed E-state index contributed by atoms with van der Waals surface area (Å²) in [5.74, 6) is 0.545. The molecule has 1 unspecified atom stereocenters. The van der Waals surface area contributed by atoms with Gasteiger partial charge in [0.15, 0.2) is 0 Å². The summed E-state index contributed by atoms with van der Waals surface area (Å²) in [5.41, 5.74) is 6.08. The van der Waals surface area contributed by atoms with Crippen LogP contribution in [0.5, 0.6) is 0 Å². The molecule has 0 heteroatoms. The summed E-state index contributed by atoms with van der Waals surface area (Å²) in [6.07, 6.45) is 14.6. The summed E-state index contributed by atoms with van der Waals surface area (Å²) in [6, 6.07) is 8.92. The quantitative estimate of drug-likeness (QED) is 0.575. The minimum Gasteiger partial charge on any atom is -0.103 e. The van der Waals surface area contributed by atoms with Crippen LogP contribution in [0.25, 0.3) is 5.57 Å². The van der Waals surface area contributed by atoms with Crippen molar-refractivity contribution in [1.82, 2.24) is 0 Å². The van der Waals surface area contributed by atoms with Gasteiger partial charge in [-0.3, -0.25) is 0 Å². The molecule has 3 rings (SSSR count). The summed E-state index contributed by atoms with van der Waals surface area (Å²) < 4.78 is 0. The molecule has 0 fully saturated rings. The normalized spacial score (nSPS) is 20.2. The third-order valence-electron chi connectivity index (χ3n) is 4.95. The maximum absolute atomic E-state index is 3.87. The van der Waals surface area contributed by atoms with Gasteiger partial charge in [0.1, 0.15) is 0 Å². The lowest BCUT2D eigenvalue weighted by molar-refractivity contribution is 0.592. The van der Waals surface area contributed by atoms with E-state index in [-0.39, 0.29) is 5.41 Å². The SMILES string of the molecule is C=CCCC1C=C(C(C)(C)C2=CC=CC2)c2ccccc21. The fourth-order valence-electron chi connectivity index (χ4n) is 3.61. The van der Waals surface area contributed by atoms with Gasteiger partial charge >= 0.3 is 0 Å². The van der Waals surface area contributed by atoms with Crippen molar-refractivity contribution >= 4 is 5.57 Å². The van der Waals surface area contributed by atoms with Crippen molar-refractivity contribution in [3.63, 3.8) is 0 Å². The van der Waals surface area contributed by atoms with Crippen LogP contribution < -0.4 is 0 Å². The van der Waals surface area contributed by atoms with Gasteiger partial charge in [-0.25, -0.2) is 0 Å². The Hall–Kier alpha value is -1.82. The summed E-state index contributed by atoms with van der Waals surface area (Å²) >= 11 is 0. The first-order valence-electron chi connectivity index (χ1n) is 7.93. The molecule has 0 spiro atoms. The van der Waals surface area contributed by atoms with Crippen molar-refractivity contribution in [2.45, 2.75) is 39.0 Å². The van der Waals surface area contributed by atoms with Crippen LogP contribution in [-0.2, 0) is 0 Å². The maximum Gasteiger partial charge on any atom is 0.0114 e. The van der Waals surface area contributed by atoms with Crippen LogP contribution in [0, 0.1) is 5.41 Å². The van der Waals surface area contributed by atoms with E-state index in [1.807, 2.05) is 6.08 Å². The Labute approximate surface area is 128 Å². The molecule has 0 saturated heterocycles. The molecule has 1 aromatic carbocycles. The highest BCUT2D eigenvalue weighted by Gasteiger charge is 2.34. The number of hydrogen-bond acceptors (Lipinski definition) is 0. The minimum absolute atomic E-state index is 0.114. The lowest BCUT2D eigenvalue weighted by Crippen LogP contribution is -2.15. The largest absolute Gasteiger partial charge is 0.103 e. The predicted molar refractivity (Wildman–Crippen MR) is 92.2 cm³/mol. The molecule has 1 atom stereocenters. The zero-order chi connectivity index (χ0) is 14.9. The molecule has 0 aromatic heterocycles. The lowest BCUT2D eigenvalue weighted by atomic mass is 9.74. The first-order chi connectivity index (χ1) is 10.1. The van der Waals surface area contributed by atoms with Crippen molar-refractivity contribution in [1.29, 1.82) is 0 Å². The van der Waals surface area contributed by atoms with Gasteiger partial charge in [0.25, 0.3) is 0 Å². The first kappa shape index (κ1) is 14.1. The maximum atomic E-state index is 3.87. The van der Waals surface area contributed by atoms with Crippen molar-refractivity contribution in [2.75, 3.05) is 0 Å². The lowest BCUT2D eigenvalue weighted by Gasteiger charge is -2.29. The molecule has 21 heavy (non-hydrogen) atoms. The Bertz CT molecular complexity index is 638. The van der Waals surface area contributed by atoms with Gasteiger partial charge in [0, 0.05) is 11.3 Å². The van der Waals surface area contributed by atoms with Crippen LogP contribution in [0.15, 0.2) is 66.8 Å². The molecular formula is C21H24. The second-order valence-corrected chi connectivity index (χ2v) is 6.59. The molecule has 0 amide bonds. The highest BCUT2D eigenvalue weighted by Crippen LogP contribution is 2.50. The van der Waals surface area contributed by atoms with Crippen LogP contribution in [-0.4, -0.2) is 0 Å². The molecule has 0 bridgehead atoms. The van der Waals surface area contributed by atoms with Crippen LogP contribution in [0.1, 0.15) is 50.2 Å². The Morgan fingerprint density at radius 3 is 2.81 bits per heavy atom. The van der Waals surface area contributed by atoms with Crippen LogP contribution in [0.3, 0.4) is 0 Å². The third kappa shape index (κ3) is 2.44. The summed E-state index contributed by atoms with van der Waals surface area (Å²) in [6.45, 7) is 8.60. The molecule has 0 nitrogen and oxygen atoms in total. The first-order valence-corrected chi connectivity index (χ1v) is 7.93. The van der Waals surface area contributed by atoms with Crippen molar-refractivity contribution in [2.24, 2.45) is 5.41 Å². The fourth-order valence-corrected chi connectivity index (χ4v) is 3.61. The van der Waals surface area contributed by atoms with Crippen LogP contribution in [0.4, 0.5) is 0 Å². The van der Waals surface area contributed by atoms with E-state index in [0.29, 0.717) is 5.92 Å². The summed E-state index contributed by atoms with van der Waals surface area (Å²) in [4.78, 5) is 0. The molecule has 0 N–H and O–H groups in total. The summed E-state index contributed by atoms with van der Waals surface area (Å²) in [7, 11) is 0. The predicted octanol–water partition coefficient (Wildman–Crippen LogP) is 6.05. The Balaban J connectivity index is 1.99. The van der Waals surface area contributed by atoms with E-state index in [9.17, 15) is 0 Å². The van der Waals surface area contributed by atoms with Gasteiger partial charge in [-0.05, 0) is 36.0 Å². The standard InChI is InChI=1S/C21H24/c1-4-5-10-16-15-20(19-14-9-8-13-18(16)19)21(2,3)17-11-6-7-12-17/h4,6-9,11,13-16H,1,5,10,12H2,2-3H3. The minimum atomic E-state index is 0.114. The van der Waals surface area contributed by atoms with Crippen LogP contribution in [0.2, 0.25) is 0 Å². The van der Waals surface area contributed by atoms with Crippen molar-refractivity contribution < 1.29 is 0 Å². The van der Waals surface area contributed by atoms with Gasteiger partial charge in [-0.2, -0.15) is 0 Å². The van der Waals surface area contributed by atoms with Gasteiger partial charge in [-0.15, -0.1) is 6.58 Å². The molecule has 0 radical (unpaired) electrons. The number of rotatable bonds is 5. The second kappa shape index (κ2) is 5.52. The monoisotopic (exact) mass is 276 g/mol. The van der Waals surface area contributed by atoms with Crippen molar-refractivity contribution in [3.8, 4) is 0 Å². The van der Waals surface area contributed by atoms with Crippen LogP contribution >= 0.6 is 0 Å². The second-order valence-electron chi connectivity index (χ2n) is 6.59. The fraction of sp³-hybridized carbons (Fsp3) is 0.333. The number of allylic oxidation sites excluding steroid dienone is 7. The van der Waals surface area contributed by atoms with Gasteiger partial charge in [-0.1, -0.05) is 74.1 Å². The van der Waals surface area contributed by atoms with E-state index in [4.69, 9.17) is 0 Å². The van der Waals surface area contributed by atoms with Crippen molar-refractivity contribution in [3.05, 3.63) is 77.9 Å². The number of hydrogen-bond donors (Lipinski definition) is 0. The van der Waals surface area contributed by atoms with E-state index in [2.05, 4.69) is 69.0 Å². The van der Waals surface area contributed by atoms with E-state index >= 15 is 0 Å². The molecule has 108 valence electrons. The smallest absolute Gasteiger partial charge is 0.0114 e. The Morgan fingerprint density at radius 1 is 1.29 bits per heavy atom. The zero-order valence-electron chi connectivity index (χ0n) is 13.1. The number of fused-ring (bicyclic) bond motifs is 1. The highest BCUT2D eigenvalue weighted by molar-refractivity contribution is 5.80. The van der Waals surface area contributed by atoms with E-state index in [0.717, 1.165) is 19.3 Å². The summed E-state index contributed by atoms with van der Waals surface area (Å²) in [5, 5.41) is 0. The van der Waals surface area contributed by atoms with E-state index in [1.54, 1.807) is 0 Å². The molecule has 0 aliphatic heterocycles. The van der Waals surface area contributed by atoms with E-state index in [1.165, 1.54) is 22.3 Å². The van der Waals surface area contributed by atoms with Gasteiger partial charge in [0.2, 0.25) is 0 Å². The topological polar surface area (TPSA) is 0 Å². The molecule has 1 aromatic rings. The average Bonchev–Trinajstić information content (AvgIpc) is 3.14. The number of benzene rings is 1. The zero-order valence-corrected chi connectivity index (χ0v) is 13.1. The van der Waals surface area contributed by atoms with Gasteiger partial charge < -0.3 is 0 Å². The molecule has 0 saturated carbocycles. The Morgan fingerprint density at radius 2 is 2.10 bits per heavy atom. The van der Waals surface area contributed by atoms with Gasteiger partial charge in [0.05, 0.1) is 0 Å². The highest BCUT2D eigenvalue weighted by atomic mass is 14.4. The molecule has 2 aliphatic carbocycles. The third-order valence-corrected chi connectivity index (χ3v) is 4.95.